The van der Waals surface area contributed by atoms with Gasteiger partial charge in [-0.25, -0.2) is 0 Å². The highest BCUT2D eigenvalue weighted by Crippen LogP contribution is 2.50. The highest BCUT2D eigenvalue weighted by atomic mass is 15.0. The molecule has 1 heteroatoms. The molecule has 0 saturated heterocycles. The van der Waals surface area contributed by atoms with Crippen molar-refractivity contribution >= 4 is 64.8 Å². The Morgan fingerprint density at radius 3 is 1.55 bits per heavy atom. The SMILES string of the molecule is CC(C)(C)c1c2ccccc2c(C(C)(C)C)c2cc(-n3c(-c4ccccc4)c(-c4ccccc4)c4cc5ccc6cccc7ccc(c5c67)c43)ccc12. The second-order valence-electron chi connectivity index (χ2n) is 16.9. The van der Waals surface area contributed by atoms with E-state index in [1.165, 1.54) is 104 Å². The van der Waals surface area contributed by atoms with E-state index in [1.807, 2.05) is 0 Å². The van der Waals surface area contributed by atoms with Crippen molar-refractivity contribution in [1.82, 2.24) is 4.57 Å². The Kier molecular flexibility index (Phi) is 6.77. The van der Waals surface area contributed by atoms with Crippen molar-refractivity contribution in [3.8, 4) is 28.1 Å². The molecular formula is C52H43N. The lowest BCUT2D eigenvalue weighted by molar-refractivity contribution is 0.593. The van der Waals surface area contributed by atoms with Gasteiger partial charge in [-0.2, -0.15) is 0 Å². The number of hydrogen-bond donors (Lipinski definition) is 0. The molecule has 0 radical (unpaired) electrons. The fourth-order valence-corrected chi connectivity index (χ4v) is 9.52. The number of benzene rings is 9. The van der Waals surface area contributed by atoms with E-state index in [2.05, 4.69) is 198 Å². The van der Waals surface area contributed by atoms with Gasteiger partial charge in [0.15, 0.2) is 0 Å². The fraction of sp³-hybridized carbons (Fsp3) is 0.154. The Hall–Kier alpha value is -5.92. The van der Waals surface area contributed by atoms with Crippen molar-refractivity contribution in [1.29, 1.82) is 0 Å². The largest absolute Gasteiger partial charge is 0.308 e. The summed E-state index contributed by atoms with van der Waals surface area (Å²) < 4.78 is 2.59. The zero-order chi connectivity index (χ0) is 36.2. The van der Waals surface area contributed by atoms with Crippen LogP contribution in [0.5, 0.6) is 0 Å². The maximum Gasteiger partial charge on any atom is 0.0620 e. The second-order valence-corrected chi connectivity index (χ2v) is 16.9. The van der Waals surface area contributed by atoms with Crippen LogP contribution in [0.15, 0.2) is 152 Å². The summed E-state index contributed by atoms with van der Waals surface area (Å²) in [5, 5.41) is 14.5. The van der Waals surface area contributed by atoms with Gasteiger partial charge in [-0.3, -0.25) is 0 Å². The molecule has 0 atom stereocenters. The van der Waals surface area contributed by atoms with Crippen LogP contribution in [-0.2, 0) is 10.8 Å². The predicted molar refractivity (Wildman–Crippen MR) is 230 cm³/mol. The van der Waals surface area contributed by atoms with Gasteiger partial charge in [0.05, 0.1) is 11.2 Å². The van der Waals surface area contributed by atoms with E-state index in [-0.39, 0.29) is 10.8 Å². The molecule has 10 rings (SSSR count). The maximum atomic E-state index is 2.59. The first-order valence-corrected chi connectivity index (χ1v) is 19.0. The van der Waals surface area contributed by atoms with Crippen LogP contribution in [0, 0.1) is 0 Å². The van der Waals surface area contributed by atoms with Gasteiger partial charge in [0.2, 0.25) is 0 Å². The molecule has 0 N–H and O–H groups in total. The van der Waals surface area contributed by atoms with Gasteiger partial charge in [-0.15, -0.1) is 0 Å². The van der Waals surface area contributed by atoms with Crippen LogP contribution in [0.2, 0.25) is 0 Å². The summed E-state index contributed by atoms with van der Waals surface area (Å²) in [5.74, 6) is 0. The van der Waals surface area contributed by atoms with Crippen LogP contribution in [-0.4, -0.2) is 4.57 Å². The molecule has 0 saturated carbocycles. The lowest BCUT2D eigenvalue weighted by Crippen LogP contribution is -2.17. The van der Waals surface area contributed by atoms with Gasteiger partial charge in [-0.05, 0) is 99.8 Å². The van der Waals surface area contributed by atoms with Gasteiger partial charge in [0.1, 0.15) is 0 Å². The molecule has 1 heterocycles. The molecule has 0 unspecified atom stereocenters. The lowest BCUT2D eigenvalue weighted by atomic mass is 9.74. The lowest BCUT2D eigenvalue weighted by Gasteiger charge is -2.30. The number of fused-ring (bicyclic) bond motifs is 4. The third kappa shape index (κ3) is 4.70. The number of nitrogens with zero attached hydrogens (tertiary/aromatic N) is 1. The summed E-state index contributed by atoms with van der Waals surface area (Å²) in [5.41, 5.74) is 10.0. The average Bonchev–Trinajstić information content (AvgIpc) is 3.50. The van der Waals surface area contributed by atoms with E-state index in [9.17, 15) is 0 Å². The first kappa shape index (κ1) is 31.8. The highest BCUT2D eigenvalue weighted by Gasteiger charge is 2.29. The van der Waals surface area contributed by atoms with E-state index < -0.39 is 0 Å². The molecule has 53 heavy (non-hydrogen) atoms. The van der Waals surface area contributed by atoms with Crippen LogP contribution in [0.25, 0.3) is 92.8 Å². The van der Waals surface area contributed by atoms with Crippen molar-refractivity contribution in [2.24, 2.45) is 0 Å². The zero-order valence-electron chi connectivity index (χ0n) is 31.4. The van der Waals surface area contributed by atoms with Gasteiger partial charge < -0.3 is 4.57 Å². The quantitative estimate of drug-likeness (QED) is 0.129. The summed E-state index contributed by atoms with van der Waals surface area (Å²) in [6, 6.07) is 56.9. The first-order chi connectivity index (χ1) is 25.6. The van der Waals surface area contributed by atoms with Crippen molar-refractivity contribution < 1.29 is 0 Å². The summed E-state index contributed by atoms with van der Waals surface area (Å²) in [6.07, 6.45) is 0. The summed E-state index contributed by atoms with van der Waals surface area (Å²) in [6.45, 7) is 14.2. The Labute approximate surface area is 311 Å². The fourth-order valence-electron chi connectivity index (χ4n) is 9.52. The highest BCUT2D eigenvalue weighted by molar-refractivity contribution is 6.30. The van der Waals surface area contributed by atoms with E-state index in [0.717, 1.165) is 0 Å². The Morgan fingerprint density at radius 1 is 0.377 bits per heavy atom. The molecule has 0 aliphatic carbocycles. The van der Waals surface area contributed by atoms with Crippen molar-refractivity contribution in [2.75, 3.05) is 0 Å². The third-order valence-corrected chi connectivity index (χ3v) is 11.4. The van der Waals surface area contributed by atoms with Crippen LogP contribution in [0.4, 0.5) is 0 Å². The van der Waals surface area contributed by atoms with Gasteiger partial charge in [0.25, 0.3) is 0 Å². The van der Waals surface area contributed by atoms with Gasteiger partial charge >= 0.3 is 0 Å². The molecule has 1 nitrogen and oxygen atoms in total. The molecule has 0 amide bonds. The molecule has 1 aromatic heterocycles. The molecule has 0 spiro atoms. The van der Waals surface area contributed by atoms with Crippen molar-refractivity contribution in [2.45, 2.75) is 52.4 Å². The third-order valence-electron chi connectivity index (χ3n) is 11.4. The topological polar surface area (TPSA) is 4.93 Å². The van der Waals surface area contributed by atoms with Crippen LogP contribution in [0.1, 0.15) is 52.7 Å². The molecule has 256 valence electrons. The second kappa shape index (κ2) is 11.3. The monoisotopic (exact) mass is 681 g/mol. The maximum absolute atomic E-state index is 2.59. The number of hydrogen-bond acceptors (Lipinski definition) is 0. The Balaban J connectivity index is 1.45. The van der Waals surface area contributed by atoms with E-state index in [0.29, 0.717) is 0 Å². The van der Waals surface area contributed by atoms with Crippen LogP contribution in [0.3, 0.4) is 0 Å². The van der Waals surface area contributed by atoms with Gasteiger partial charge in [-0.1, -0.05) is 175 Å². The molecule has 9 aromatic carbocycles. The van der Waals surface area contributed by atoms with Crippen LogP contribution < -0.4 is 0 Å². The Bertz CT molecular complexity index is 3020. The average molecular weight is 682 g/mol. The van der Waals surface area contributed by atoms with E-state index in [1.54, 1.807) is 0 Å². The molecule has 0 aliphatic rings. The standard InChI is InChI=1S/C52H43N/c1-51(2,3)47-38-22-13-14-23-39(38)48(52(4,5)6)42-31-37(27-29-40(42)47)53-49(35-18-11-8-12-19-35)46(32-16-9-7-10-17-32)43-30-36-25-24-33-20-15-21-34-26-28-41(50(43)53)45(36)44(33)34/h7-31H,1-6H3. The van der Waals surface area contributed by atoms with Crippen LogP contribution >= 0.6 is 0 Å². The normalized spacial score (nSPS) is 12.7. The number of aromatic nitrogens is 1. The molecule has 0 fully saturated rings. The summed E-state index contributed by atoms with van der Waals surface area (Å²) in [4.78, 5) is 0. The minimum Gasteiger partial charge on any atom is -0.308 e. The smallest absolute Gasteiger partial charge is 0.0620 e. The number of rotatable bonds is 3. The van der Waals surface area contributed by atoms with Crippen molar-refractivity contribution in [3.63, 3.8) is 0 Å². The summed E-state index contributed by atoms with van der Waals surface area (Å²) in [7, 11) is 0. The first-order valence-electron chi connectivity index (χ1n) is 19.0. The minimum absolute atomic E-state index is 0.0434. The predicted octanol–water partition coefficient (Wildman–Crippen LogP) is 14.8. The van der Waals surface area contributed by atoms with Crippen molar-refractivity contribution in [3.05, 3.63) is 163 Å². The zero-order valence-corrected chi connectivity index (χ0v) is 31.4. The van der Waals surface area contributed by atoms with E-state index in [4.69, 9.17) is 0 Å². The molecule has 0 bridgehead atoms. The Morgan fingerprint density at radius 2 is 0.906 bits per heavy atom. The summed E-state index contributed by atoms with van der Waals surface area (Å²) >= 11 is 0. The minimum atomic E-state index is -0.0800. The molecular weight excluding hydrogens is 639 g/mol. The molecule has 0 aliphatic heterocycles. The van der Waals surface area contributed by atoms with Gasteiger partial charge in [0, 0.05) is 22.0 Å². The molecule has 10 aromatic rings. The van der Waals surface area contributed by atoms with E-state index >= 15 is 0 Å².